The molecule has 0 aliphatic carbocycles. The van der Waals surface area contributed by atoms with E-state index in [-0.39, 0.29) is 5.91 Å². The van der Waals surface area contributed by atoms with Gasteiger partial charge in [-0.2, -0.15) is 5.10 Å². The fraction of sp³-hybridized carbons (Fsp3) is 0.263. The number of amides is 1. The zero-order valence-corrected chi connectivity index (χ0v) is 14.0. The summed E-state index contributed by atoms with van der Waals surface area (Å²) in [5.74, 6) is 0.780. The van der Waals surface area contributed by atoms with E-state index >= 15 is 0 Å². The van der Waals surface area contributed by atoms with Crippen LogP contribution in [0.4, 0.5) is 0 Å². The lowest BCUT2D eigenvalue weighted by Gasteiger charge is -2.10. The van der Waals surface area contributed by atoms with E-state index in [0.717, 1.165) is 22.2 Å². The van der Waals surface area contributed by atoms with Crippen molar-refractivity contribution >= 4 is 16.8 Å². The first kappa shape index (κ1) is 16.1. The Morgan fingerprint density at radius 1 is 1.25 bits per heavy atom. The van der Waals surface area contributed by atoms with Gasteiger partial charge in [0, 0.05) is 23.9 Å². The van der Waals surface area contributed by atoms with Crippen LogP contribution in [0.3, 0.4) is 0 Å². The average Bonchev–Trinajstić information content (AvgIpc) is 3.00. The number of benzene rings is 2. The van der Waals surface area contributed by atoms with Crippen molar-refractivity contribution in [3.8, 4) is 5.75 Å². The maximum atomic E-state index is 12.1. The molecule has 0 saturated carbocycles. The highest BCUT2D eigenvalue weighted by atomic mass is 16.5. The van der Waals surface area contributed by atoms with Crippen molar-refractivity contribution in [1.29, 1.82) is 0 Å². The number of rotatable bonds is 6. The molecule has 0 spiro atoms. The smallest absolute Gasteiger partial charge is 0.222 e. The first-order chi connectivity index (χ1) is 11.7. The predicted molar refractivity (Wildman–Crippen MR) is 93.9 cm³/mol. The largest absolute Gasteiger partial charge is 0.496 e. The normalized spacial score (nSPS) is 10.8. The van der Waals surface area contributed by atoms with E-state index in [2.05, 4.69) is 29.5 Å². The standard InChI is InChI=1S/C19H21N3O2/c1-14-7-8-17-16(11-14)13-21-22(17)10-9-19(23)20-12-15-5-3-4-6-18(15)24-2/h3-8,11,13H,9-10,12H2,1-2H3,(H,20,23). The van der Waals surface area contributed by atoms with Gasteiger partial charge in [0.15, 0.2) is 0 Å². The Labute approximate surface area is 141 Å². The van der Waals surface area contributed by atoms with Crippen LogP contribution in [-0.2, 0) is 17.9 Å². The van der Waals surface area contributed by atoms with E-state index < -0.39 is 0 Å². The highest BCUT2D eigenvalue weighted by molar-refractivity contribution is 5.80. The van der Waals surface area contributed by atoms with E-state index in [1.54, 1.807) is 7.11 Å². The van der Waals surface area contributed by atoms with Crippen LogP contribution in [0.2, 0.25) is 0 Å². The second-order valence-corrected chi connectivity index (χ2v) is 5.77. The first-order valence-electron chi connectivity index (χ1n) is 7.98. The van der Waals surface area contributed by atoms with E-state index in [1.165, 1.54) is 5.56 Å². The monoisotopic (exact) mass is 323 g/mol. The Hall–Kier alpha value is -2.82. The molecule has 0 fully saturated rings. The maximum Gasteiger partial charge on any atom is 0.222 e. The Morgan fingerprint density at radius 2 is 2.08 bits per heavy atom. The zero-order chi connectivity index (χ0) is 16.9. The summed E-state index contributed by atoms with van der Waals surface area (Å²) in [5.41, 5.74) is 3.23. The summed E-state index contributed by atoms with van der Waals surface area (Å²) in [6, 6.07) is 13.9. The molecule has 1 amide bonds. The number of aryl methyl sites for hydroxylation is 2. The molecular formula is C19H21N3O2. The van der Waals surface area contributed by atoms with Gasteiger partial charge in [-0.3, -0.25) is 9.48 Å². The number of aromatic nitrogens is 2. The number of methoxy groups -OCH3 is 1. The summed E-state index contributed by atoms with van der Waals surface area (Å²) in [4.78, 5) is 12.1. The molecule has 0 bridgehead atoms. The fourth-order valence-electron chi connectivity index (χ4n) is 2.72. The van der Waals surface area contributed by atoms with Crippen LogP contribution < -0.4 is 10.1 Å². The minimum Gasteiger partial charge on any atom is -0.496 e. The molecule has 0 unspecified atom stereocenters. The molecular weight excluding hydrogens is 302 g/mol. The van der Waals surface area contributed by atoms with Crippen LogP contribution in [0.15, 0.2) is 48.7 Å². The van der Waals surface area contributed by atoms with Crippen molar-refractivity contribution < 1.29 is 9.53 Å². The van der Waals surface area contributed by atoms with Crippen LogP contribution in [0.25, 0.3) is 10.9 Å². The molecule has 0 atom stereocenters. The topological polar surface area (TPSA) is 56.1 Å². The number of fused-ring (bicyclic) bond motifs is 1. The molecule has 0 saturated heterocycles. The molecule has 2 aromatic carbocycles. The lowest BCUT2D eigenvalue weighted by Crippen LogP contribution is -2.24. The minimum absolute atomic E-state index is 0.00309. The van der Waals surface area contributed by atoms with Gasteiger partial charge in [-0.25, -0.2) is 0 Å². The first-order valence-corrected chi connectivity index (χ1v) is 7.98. The third kappa shape index (κ3) is 3.56. The molecule has 24 heavy (non-hydrogen) atoms. The van der Waals surface area contributed by atoms with Gasteiger partial charge >= 0.3 is 0 Å². The number of hydrogen-bond acceptors (Lipinski definition) is 3. The number of ether oxygens (including phenoxy) is 1. The Balaban J connectivity index is 1.57. The molecule has 1 N–H and O–H groups in total. The summed E-state index contributed by atoms with van der Waals surface area (Å²) >= 11 is 0. The Bertz CT molecular complexity index is 855. The molecule has 5 nitrogen and oxygen atoms in total. The lowest BCUT2D eigenvalue weighted by atomic mass is 10.2. The minimum atomic E-state index is -0.00309. The van der Waals surface area contributed by atoms with E-state index in [0.29, 0.717) is 19.5 Å². The SMILES string of the molecule is COc1ccccc1CNC(=O)CCn1ncc2cc(C)ccc21. The Kier molecular flexibility index (Phi) is 4.79. The van der Waals surface area contributed by atoms with Crippen molar-refractivity contribution in [2.45, 2.75) is 26.4 Å². The van der Waals surface area contributed by atoms with Gasteiger partial charge in [0.05, 0.1) is 25.4 Å². The molecule has 0 aliphatic heterocycles. The molecule has 1 aromatic heterocycles. The summed E-state index contributed by atoms with van der Waals surface area (Å²) in [6.07, 6.45) is 2.23. The fourth-order valence-corrected chi connectivity index (χ4v) is 2.72. The van der Waals surface area contributed by atoms with Crippen LogP contribution >= 0.6 is 0 Å². The molecule has 5 heteroatoms. The highest BCUT2D eigenvalue weighted by Crippen LogP contribution is 2.17. The van der Waals surface area contributed by atoms with E-state index in [1.807, 2.05) is 41.2 Å². The maximum absolute atomic E-state index is 12.1. The van der Waals surface area contributed by atoms with Crippen LogP contribution in [0.1, 0.15) is 17.5 Å². The number of nitrogens with one attached hydrogen (secondary N) is 1. The van der Waals surface area contributed by atoms with Crippen LogP contribution in [0.5, 0.6) is 5.75 Å². The second-order valence-electron chi connectivity index (χ2n) is 5.77. The summed E-state index contributed by atoms with van der Waals surface area (Å²) in [5, 5.41) is 8.41. The summed E-state index contributed by atoms with van der Waals surface area (Å²) in [7, 11) is 1.63. The number of nitrogens with zero attached hydrogens (tertiary/aromatic N) is 2. The van der Waals surface area contributed by atoms with Gasteiger partial charge in [0.2, 0.25) is 5.91 Å². The van der Waals surface area contributed by atoms with Crippen molar-refractivity contribution in [1.82, 2.24) is 15.1 Å². The quantitative estimate of drug-likeness (QED) is 0.758. The highest BCUT2D eigenvalue weighted by Gasteiger charge is 2.07. The summed E-state index contributed by atoms with van der Waals surface area (Å²) < 4.78 is 7.16. The molecule has 1 heterocycles. The number of carbonyl (C=O) groups excluding carboxylic acids is 1. The van der Waals surface area contributed by atoms with Crippen molar-refractivity contribution in [3.05, 3.63) is 59.8 Å². The molecule has 3 aromatic rings. The molecule has 0 radical (unpaired) electrons. The van der Waals surface area contributed by atoms with E-state index in [4.69, 9.17) is 4.74 Å². The zero-order valence-electron chi connectivity index (χ0n) is 14.0. The Morgan fingerprint density at radius 3 is 2.92 bits per heavy atom. The van der Waals surface area contributed by atoms with Gasteiger partial charge in [-0.15, -0.1) is 0 Å². The van der Waals surface area contributed by atoms with Gasteiger partial charge in [-0.1, -0.05) is 29.8 Å². The number of para-hydroxylation sites is 1. The number of hydrogen-bond donors (Lipinski definition) is 1. The summed E-state index contributed by atoms with van der Waals surface area (Å²) in [6.45, 7) is 3.08. The van der Waals surface area contributed by atoms with Gasteiger partial charge in [-0.05, 0) is 25.1 Å². The molecule has 124 valence electrons. The predicted octanol–water partition coefficient (Wildman–Crippen LogP) is 3.06. The van der Waals surface area contributed by atoms with Crippen molar-refractivity contribution in [3.63, 3.8) is 0 Å². The van der Waals surface area contributed by atoms with Gasteiger partial charge in [0.1, 0.15) is 5.75 Å². The molecule has 3 rings (SSSR count). The van der Waals surface area contributed by atoms with E-state index in [9.17, 15) is 4.79 Å². The third-order valence-electron chi connectivity index (χ3n) is 4.02. The second kappa shape index (κ2) is 7.17. The van der Waals surface area contributed by atoms with Crippen LogP contribution in [0, 0.1) is 6.92 Å². The van der Waals surface area contributed by atoms with Crippen molar-refractivity contribution in [2.24, 2.45) is 0 Å². The average molecular weight is 323 g/mol. The number of carbonyl (C=O) groups is 1. The van der Waals surface area contributed by atoms with Crippen LogP contribution in [-0.4, -0.2) is 22.8 Å². The van der Waals surface area contributed by atoms with Gasteiger partial charge in [0.25, 0.3) is 0 Å². The third-order valence-corrected chi connectivity index (χ3v) is 4.02. The lowest BCUT2D eigenvalue weighted by molar-refractivity contribution is -0.121. The van der Waals surface area contributed by atoms with Crippen molar-refractivity contribution in [2.75, 3.05) is 7.11 Å². The van der Waals surface area contributed by atoms with Gasteiger partial charge < -0.3 is 10.1 Å². The molecule has 0 aliphatic rings.